The molecule has 94 valence electrons. The number of hydrogen-bond donors (Lipinski definition) is 2. The Labute approximate surface area is 109 Å². The summed E-state index contributed by atoms with van der Waals surface area (Å²) in [6.07, 6.45) is 0. The third-order valence-corrected chi connectivity index (χ3v) is 2.45. The number of anilines is 3. The maximum atomic E-state index is 13.2. The van der Waals surface area contributed by atoms with Crippen LogP contribution in [0.4, 0.5) is 21.7 Å². The van der Waals surface area contributed by atoms with Crippen LogP contribution in [0.2, 0.25) is 5.02 Å². The molecule has 0 aliphatic rings. The van der Waals surface area contributed by atoms with E-state index in [4.69, 9.17) is 11.6 Å². The summed E-state index contributed by atoms with van der Waals surface area (Å²) in [4.78, 5) is 8.38. The minimum absolute atomic E-state index is 0.331. The monoisotopic (exact) mass is 266 g/mol. The van der Waals surface area contributed by atoms with E-state index >= 15 is 0 Å². The topological polar surface area (TPSA) is 49.8 Å². The Morgan fingerprint density at radius 1 is 1.11 bits per heavy atom. The zero-order chi connectivity index (χ0) is 13.1. The van der Waals surface area contributed by atoms with Crippen LogP contribution in [0.1, 0.15) is 5.82 Å². The van der Waals surface area contributed by atoms with Gasteiger partial charge in [-0.1, -0.05) is 11.6 Å². The quantitative estimate of drug-likeness (QED) is 0.894. The van der Waals surface area contributed by atoms with Crippen molar-refractivity contribution in [3.05, 3.63) is 40.9 Å². The standard InChI is InChI=1S/C12H12ClFN4/c1-7-16-11(15-2)6-12(17-7)18-10-4-8(13)3-9(14)5-10/h3-6H,1-2H3,(H2,15,16,17,18). The molecule has 1 heterocycles. The van der Waals surface area contributed by atoms with Crippen molar-refractivity contribution in [3.8, 4) is 0 Å². The van der Waals surface area contributed by atoms with Gasteiger partial charge in [0.1, 0.15) is 23.3 Å². The number of nitrogens with zero attached hydrogens (tertiary/aromatic N) is 2. The molecule has 0 radical (unpaired) electrons. The van der Waals surface area contributed by atoms with E-state index in [9.17, 15) is 4.39 Å². The second kappa shape index (κ2) is 5.18. The molecule has 1 aromatic heterocycles. The molecular formula is C12H12ClFN4. The molecule has 0 spiro atoms. The Hall–Kier alpha value is -1.88. The molecule has 1 aromatic carbocycles. The number of hydrogen-bond acceptors (Lipinski definition) is 4. The summed E-state index contributed by atoms with van der Waals surface area (Å²) in [5, 5.41) is 6.24. The smallest absolute Gasteiger partial charge is 0.136 e. The van der Waals surface area contributed by atoms with Gasteiger partial charge in [0, 0.05) is 23.8 Å². The molecule has 0 saturated carbocycles. The third kappa shape index (κ3) is 3.07. The molecule has 2 N–H and O–H groups in total. The largest absolute Gasteiger partial charge is 0.373 e. The Morgan fingerprint density at radius 2 is 1.83 bits per heavy atom. The number of nitrogens with one attached hydrogen (secondary N) is 2. The second-order valence-corrected chi connectivity index (χ2v) is 4.16. The fourth-order valence-corrected chi connectivity index (χ4v) is 1.76. The number of halogens is 2. The predicted molar refractivity (Wildman–Crippen MR) is 71.0 cm³/mol. The average Bonchev–Trinajstić information content (AvgIpc) is 2.26. The molecule has 0 aliphatic heterocycles. The van der Waals surface area contributed by atoms with Crippen molar-refractivity contribution in [1.82, 2.24) is 9.97 Å². The Balaban J connectivity index is 2.30. The highest BCUT2D eigenvalue weighted by Gasteiger charge is 2.03. The van der Waals surface area contributed by atoms with Gasteiger partial charge < -0.3 is 10.6 Å². The lowest BCUT2D eigenvalue weighted by Crippen LogP contribution is -2.01. The zero-order valence-corrected chi connectivity index (χ0v) is 10.7. The van der Waals surface area contributed by atoms with Crippen LogP contribution < -0.4 is 10.6 Å². The summed E-state index contributed by atoms with van der Waals surface area (Å²) in [5.74, 6) is 1.48. The molecule has 0 fully saturated rings. The molecule has 4 nitrogen and oxygen atoms in total. The number of aromatic nitrogens is 2. The van der Waals surface area contributed by atoms with Crippen molar-refractivity contribution in [2.45, 2.75) is 6.92 Å². The van der Waals surface area contributed by atoms with Gasteiger partial charge in [0.15, 0.2) is 0 Å². The van der Waals surface area contributed by atoms with Crippen molar-refractivity contribution >= 4 is 28.9 Å². The van der Waals surface area contributed by atoms with E-state index in [0.717, 1.165) is 0 Å². The van der Waals surface area contributed by atoms with E-state index in [-0.39, 0.29) is 0 Å². The van der Waals surface area contributed by atoms with Gasteiger partial charge in [0.25, 0.3) is 0 Å². The lowest BCUT2D eigenvalue weighted by Gasteiger charge is -2.08. The normalized spacial score (nSPS) is 10.2. The van der Waals surface area contributed by atoms with Crippen molar-refractivity contribution < 1.29 is 4.39 Å². The molecule has 6 heteroatoms. The van der Waals surface area contributed by atoms with Crippen LogP contribution in [0.3, 0.4) is 0 Å². The molecule has 18 heavy (non-hydrogen) atoms. The van der Waals surface area contributed by atoms with Crippen LogP contribution in [0, 0.1) is 12.7 Å². The number of aryl methyl sites for hydroxylation is 1. The first-order valence-corrected chi connectivity index (χ1v) is 5.71. The minimum Gasteiger partial charge on any atom is -0.373 e. The Bertz CT molecular complexity index is 554. The summed E-state index contributed by atoms with van der Waals surface area (Å²) in [5.41, 5.74) is 0.542. The highest BCUT2D eigenvalue weighted by Crippen LogP contribution is 2.22. The van der Waals surface area contributed by atoms with Gasteiger partial charge in [-0.3, -0.25) is 0 Å². The maximum Gasteiger partial charge on any atom is 0.136 e. The van der Waals surface area contributed by atoms with Crippen LogP contribution in [-0.4, -0.2) is 17.0 Å². The number of benzene rings is 1. The first-order chi connectivity index (χ1) is 8.56. The number of rotatable bonds is 3. The summed E-state index contributed by atoms with van der Waals surface area (Å²) in [6, 6.07) is 5.95. The van der Waals surface area contributed by atoms with E-state index in [1.54, 1.807) is 26.1 Å². The lowest BCUT2D eigenvalue weighted by molar-refractivity contribution is 0.628. The fraction of sp³-hybridized carbons (Fsp3) is 0.167. The van der Waals surface area contributed by atoms with Gasteiger partial charge in [-0.15, -0.1) is 0 Å². The van der Waals surface area contributed by atoms with Gasteiger partial charge in [-0.05, 0) is 25.1 Å². The van der Waals surface area contributed by atoms with Gasteiger partial charge in [-0.25, -0.2) is 14.4 Å². The minimum atomic E-state index is -0.399. The highest BCUT2D eigenvalue weighted by molar-refractivity contribution is 6.30. The summed E-state index contributed by atoms with van der Waals surface area (Å²) < 4.78 is 13.2. The summed E-state index contributed by atoms with van der Waals surface area (Å²) in [6.45, 7) is 1.78. The molecule has 2 aromatic rings. The molecule has 0 bridgehead atoms. The summed E-state index contributed by atoms with van der Waals surface area (Å²) in [7, 11) is 1.77. The summed E-state index contributed by atoms with van der Waals surface area (Å²) >= 11 is 5.78. The van der Waals surface area contributed by atoms with E-state index in [2.05, 4.69) is 20.6 Å². The predicted octanol–water partition coefficient (Wildman–Crippen LogP) is 3.36. The Morgan fingerprint density at radius 3 is 2.50 bits per heavy atom. The molecule has 0 atom stereocenters. The molecule has 0 amide bonds. The highest BCUT2D eigenvalue weighted by atomic mass is 35.5. The fourth-order valence-electron chi connectivity index (χ4n) is 1.53. The molecule has 0 saturated heterocycles. The molecular weight excluding hydrogens is 255 g/mol. The van der Waals surface area contributed by atoms with Crippen molar-refractivity contribution in [2.24, 2.45) is 0 Å². The van der Waals surface area contributed by atoms with E-state index < -0.39 is 5.82 Å². The van der Waals surface area contributed by atoms with Crippen LogP contribution >= 0.6 is 11.6 Å². The van der Waals surface area contributed by atoms with Crippen LogP contribution in [0.5, 0.6) is 0 Å². The van der Waals surface area contributed by atoms with Crippen molar-refractivity contribution in [1.29, 1.82) is 0 Å². The van der Waals surface area contributed by atoms with E-state index in [1.807, 2.05) is 0 Å². The van der Waals surface area contributed by atoms with Gasteiger partial charge in [0.05, 0.1) is 0 Å². The van der Waals surface area contributed by atoms with Gasteiger partial charge >= 0.3 is 0 Å². The first kappa shape index (κ1) is 12.6. The Kier molecular flexibility index (Phi) is 3.62. The van der Waals surface area contributed by atoms with Gasteiger partial charge in [-0.2, -0.15) is 0 Å². The van der Waals surface area contributed by atoms with Crippen LogP contribution in [-0.2, 0) is 0 Å². The first-order valence-electron chi connectivity index (χ1n) is 5.33. The SMILES string of the molecule is CNc1cc(Nc2cc(F)cc(Cl)c2)nc(C)n1. The molecule has 0 unspecified atom stereocenters. The third-order valence-electron chi connectivity index (χ3n) is 2.23. The van der Waals surface area contributed by atoms with Gasteiger partial charge in [0.2, 0.25) is 0 Å². The lowest BCUT2D eigenvalue weighted by atomic mass is 10.3. The van der Waals surface area contributed by atoms with Crippen molar-refractivity contribution in [2.75, 3.05) is 17.7 Å². The van der Waals surface area contributed by atoms with Crippen molar-refractivity contribution in [3.63, 3.8) is 0 Å². The zero-order valence-electron chi connectivity index (χ0n) is 9.96. The van der Waals surface area contributed by atoms with E-state index in [0.29, 0.717) is 28.2 Å². The average molecular weight is 267 g/mol. The maximum absolute atomic E-state index is 13.2. The molecule has 2 rings (SSSR count). The van der Waals surface area contributed by atoms with E-state index in [1.165, 1.54) is 12.1 Å². The van der Waals surface area contributed by atoms with Crippen LogP contribution in [0.25, 0.3) is 0 Å². The van der Waals surface area contributed by atoms with Crippen LogP contribution in [0.15, 0.2) is 24.3 Å². The molecule has 0 aliphatic carbocycles. The second-order valence-electron chi connectivity index (χ2n) is 3.72.